The summed E-state index contributed by atoms with van der Waals surface area (Å²) in [5.74, 6) is -0.657. The number of oxime groups is 1. The van der Waals surface area contributed by atoms with Crippen molar-refractivity contribution in [1.82, 2.24) is 14.6 Å². The van der Waals surface area contributed by atoms with E-state index in [0.29, 0.717) is 62.7 Å². The summed E-state index contributed by atoms with van der Waals surface area (Å²) in [6.07, 6.45) is 1.35. The van der Waals surface area contributed by atoms with Gasteiger partial charge in [0.15, 0.2) is 22.1 Å². The van der Waals surface area contributed by atoms with Crippen molar-refractivity contribution in [2.24, 2.45) is 5.16 Å². The van der Waals surface area contributed by atoms with E-state index in [1.54, 1.807) is 0 Å². The second kappa shape index (κ2) is 10.0. The van der Waals surface area contributed by atoms with Crippen molar-refractivity contribution in [1.29, 1.82) is 0 Å². The van der Waals surface area contributed by atoms with Crippen LogP contribution in [0, 0.1) is 5.13 Å². The van der Waals surface area contributed by atoms with Gasteiger partial charge in [-0.1, -0.05) is 28.6 Å². The van der Waals surface area contributed by atoms with Gasteiger partial charge < -0.3 is 14.9 Å². The van der Waals surface area contributed by atoms with Crippen LogP contribution in [0.5, 0.6) is 0 Å². The maximum atomic E-state index is 13.2. The predicted octanol–water partition coefficient (Wildman–Crippen LogP) is 1.02. The third-order valence-corrected chi connectivity index (χ3v) is 7.55. The highest BCUT2D eigenvalue weighted by Gasteiger charge is 2.27. The van der Waals surface area contributed by atoms with Crippen LogP contribution in [0.15, 0.2) is 40.5 Å². The van der Waals surface area contributed by atoms with Crippen molar-refractivity contribution in [3.05, 3.63) is 41.2 Å². The summed E-state index contributed by atoms with van der Waals surface area (Å²) in [6.45, 7) is 2.86. The minimum atomic E-state index is -3.64. The van der Waals surface area contributed by atoms with E-state index < -0.39 is 21.1 Å². The molecule has 0 bridgehead atoms. The number of ether oxygens (including phenoxy) is 1. The van der Waals surface area contributed by atoms with Gasteiger partial charge in [0.25, 0.3) is 5.91 Å². The summed E-state index contributed by atoms with van der Waals surface area (Å²) in [5, 5.41) is 9.13. The average Bonchev–Trinajstić information content (AvgIpc) is 3.46. The smallest absolute Gasteiger partial charge is 0.280 e. The molecule has 0 radical (unpaired) electrons. The maximum Gasteiger partial charge on any atom is 0.280 e. The van der Waals surface area contributed by atoms with Gasteiger partial charge in [0, 0.05) is 38.2 Å². The van der Waals surface area contributed by atoms with Gasteiger partial charge in [0.1, 0.15) is 0 Å². The van der Waals surface area contributed by atoms with E-state index in [9.17, 15) is 17.6 Å². The van der Waals surface area contributed by atoms with Crippen molar-refractivity contribution in [3.8, 4) is 0 Å². The minimum Gasteiger partial charge on any atom is -0.389 e. The number of sulfonamides is 1. The summed E-state index contributed by atoms with van der Waals surface area (Å²) in [7, 11) is -3.64. The molecule has 0 aliphatic carbocycles. The zero-order valence-corrected chi connectivity index (χ0v) is 18.6. The highest BCUT2D eigenvalue weighted by Crippen LogP contribution is 2.20. The van der Waals surface area contributed by atoms with Crippen molar-refractivity contribution >= 4 is 38.1 Å². The molecule has 0 saturated carbocycles. The summed E-state index contributed by atoms with van der Waals surface area (Å²) >= 11 is 0.678. The van der Waals surface area contributed by atoms with Crippen LogP contribution in [0.25, 0.3) is 0 Å². The highest BCUT2D eigenvalue weighted by atomic mass is 32.2. The number of carbonyl (C=O) groups is 1. The van der Waals surface area contributed by atoms with E-state index in [1.165, 1.54) is 28.6 Å². The standard InChI is InChI=1S/C19H22FN5O5S2/c20-16-11-22-19(31-16)23-18(26)17(24-30-14-5-10-29-12-14)13-1-3-15(4-2-13)32(27,28)25-8-6-21-7-9-25/h1-4,11,14,21H,5-10,12H2,(H,22,23,26)/b24-17+/t14-/m1/s1. The van der Waals surface area contributed by atoms with Crippen molar-refractivity contribution in [2.45, 2.75) is 17.4 Å². The SMILES string of the molecule is O=C(Nc1ncc(F)s1)/C(=N/O[C@@H]1CCOC1)c1ccc(S(=O)(=O)N2CCNCC2)cc1. The molecule has 10 nitrogen and oxygen atoms in total. The highest BCUT2D eigenvalue weighted by molar-refractivity contribution is 7.89. The van der Waals surface area contributed by atoms with E-state index in [-0.39, 0.29) is 21.8 Å². The number of nitrogens with zero attached hydrogens (tertiary/aromatic N) is 3. The molecular formula is C19H22FN5O5S2. The number of hydrogen-bond acceptors (Lipinski definition) is 9. The lowest BCUT2D eigenvalue weighted by Gasteiger charge is -2.26. The molecule has 172 valence electrons. The van der Waals surface area contributed by atoms with Gasteiger partial charge in [-0.3, -0.25) is 10.1 Å². The minimum absolute atomic E-state index is 0.0716. The molecule has 2 N–H and O–H groups in total. The molecule has 2 aliphatic heterocycles. The van der Waals surface area contributed by atoms with E-state index in [2.05, 4.69) is 20.8 Å². The Balaban J connectivity index is 1.56. The molecule has 1 aromatic heterocycles. The zero-order chi connectivity index (χ0) is 22.6. The number of thiazole rings is 1. The molecule has 13 heteroatoms. The summed E-state index contributed by atoms with van der Waals surface area (Å²) in [6, 6.07) is 5.84. The molecule has 2 fully saturated rings. The number of rotatable bonds is 7. The van der Waals surface area contributed by atoms with Gasteiger partial charge in [-0.25, -0.2) is 13.4 Å². The molecule has 2 aliphatic rings. The number of anilines is 1. The number of halogens is 1. The van der Waals surface area contributed by atoms with Gasteiger partial charge in [-0.15, -0.1) is 0 Å². The quantitative estimate of drug-likeness (QED) is 0.445. The van der Waals surface area contributed by atoms with E-state index >= 15 is 0 Å². The summed E-state index contributed by atoms with van der Waals surface area (Å²) < 4.78 is 45.6. The Morgan fingerprint density at radius 3 is 2.69 bits per heavy atom. The fourth-order valence-electron chi connectivity index (χ4n) is 3.24. The molecule has 0 unspecified atom stereocenters. The molecule has 1 atom stereocenters. The molecule has 2 aromatic rings. The molecule has 4 rings (SSSR count). The van der Waals surface area contributed by atoms with Crippen molar-refractivity contribution in [3.63, 3.8) is 0 Å². The fraction of sp³-hybridized carbons (Fsp3) is 0.421. The van der Waals surface area contributed by atoms with Gasteiger partial charge in [0.05, 0.1) is 24.3 Å². The number of carbonyl (C=O) groups excluding carboxylic acids is 1. The van der Waals surface area contributed by atoms with Crippen LogP contribution in [-0.2, 0) is 24.4 Å². The molecular weight excluding hydrogens is 461 g/mol. The van der Waals surface area contributed by atoms with Crippen LogP contribution in [-0.4, -0.2) is 74.8 Å². The van der Waals surface area contributed by atoms with Crippen LogP contribution in [0.3, 0.4) is 0 Å². The van der Waals surface area contributed by atoms with E-state index in [4.69, 9.17) is 9.57 Å². The molecule has 3 heterocycles. The topological polar surface area (TPSA) is 122 Å². The first kappa shape index (κ1) is 22.7. The first-order valence-electron chi connectivity index (χ1n) is 9.99. The molecule has 1 amide bonds. The van der Waals surface area contributed by atoms with Gasteiger partial charge >= 0.3 is 0 Å². The largest absolute Gasteiger partial charge is 0.389 e. The van der Waals surface area contributed by atoms with Crippen LogP contribution >= 0.6 is 11.3 Å². The number of aromatic nitrogens is 1. The monoisotopic (exact) mass is 483 g/mol. The maximum absolute atomic E-state index is 13.2. The Bertz CT molecular complexity index is 1080. The number of hydrogen-bond donors (Lipinski definition) is 2. The number of nitrogens with one attached hydrogen (secondary N) is 2. The molecule has 32 heavy (non-hydrogen) atoms. The Kier molecular flexibility index (Phi) is 7.10. The third kappa shape index (κ3) is 5.30. The number of amides is 1. The Morgan fingerprint density at radius 2 is 2.06 bits per heavy atom. The van der Waals surface area contributed by atoms with Crippen molar-refractivity contribution < 1.29 is 27.2 Å². The third-order valence-electron chi connectivity index (χ3n) is 4.94. The molecule has 1 aromatic carbocycles. The lowest BCUT2D eigenvalue weighted by atomic mass is 10.1. The number of benzene rings is 1. The average molecular weight is 484 g/mol. The predicted molar refractivity (Wildman–Crippen MR) is 116 cm³/mol. The van der Waals surface area contributed by atoms with Gasteiger partial charge in [0.2, 0.25) is 10.0 Å². The lowest BCUT2D eigenvalue weighted by Crippen LogP contribution is -2.46. The Morgan fingerprint density at radius 1 is 1.31 bits per heavy atom. The van der Waals surface area contributed by atoms with Crippen molar-refractivity contribution in [2.75, 3.05) is 44.7 Å². The Hall–Kier alpha value is -2.45. The zero-order valence-electron chi connectivity index (χ0n) is 17.0. The lowest BCUT2D eigenvalue weighted by molar-refractivity contribution is -0.110. The van der Waals surface area contributed by atoms with Crippen LogP contribution in [0.1, 0.15) is 12.0 Å². The van der Waals surface area contributed by atoms with Crippen LogP contribution in [0.2, 0.25) is 0 Å². The summed E-state index contributed by atoms with van der Waals surface area (Å²) in [4.78, 5) is 22.2. The van der Waals surface area contributed by atoms with Gasteiger partial charge in [-0.2, -0.15) is 8.70 Å². The van der Waals surface area contributed by atoms with E-state index in [0.717, 1.165) is 6.20 Å². The van der Waals surface area contributed by atoms with Crippen LogP contribution in [0.4, 0.5) is 9.52 Å². The first-order chi connectivity index (χ1) is 15.4. The number of piperazine rings is 1. The second-order valence-corrected chi connectivity index (χ2v) is 10.1. The second-order valence-electron chi connectivity index (χ2n) is 7.13. The first-order valence-corrected chi connectivity index (χ1v) is 12.2. The normalized spacial score (nSPS) is 20.3. The Labute approximate surface area is 188 Å². The van der Waals surface area contributed by atoms with Crippen LogP contribution < -0.4 is 10.6 Å². The fourth-order valence-corrected chi connectivity index (χ4v) is 5.22. The molecule has 0 spiro atoms. The molecule has 2 saturated heterocycles. The van der Waals surface area contributed by atoms with E-state index in [1.807, 2.05) is 0 Å². The van der Waals surface area contributed by atoms with Gasteiger partial charge in [-0.05, 0) is 12.1 Å². The summed E-state index contributed by atoms with van der Waals surface area (Å²) in [5.41, 5.74) is 0.260.